The van der Waals surface area contributed by atoms with E-state index in [1.165, 1.54) is 12.1 Å². The quantitative estimate of drug-likeness (QED) is 0.193. The topological polar surface area (TPSA) is 63.4 Å². The molecular weight excluding hydrogens is 405 g/mol. The highest BCUT2D eigenvalue weighted by molar-refractivity contribution is 7.98. The summed E-state index contributed by atoms with van der Waals surface area (Å²) in [5, 5.41) is 25.5. The van der Waals surface area contributed by atoms with E-state index in [1.807, 2.05) is 60.4 Å². The largest absolute Gasteiger partial charge is 0.504 e. The van der Waals surface area contributed by atoms with Crippen molar-refractivity contribution < 1.29 is 10.0 Å². The second kappa shape index (κ2) is 8.95. The van der Waals surface area contributed by atoms with Crippen LogP contribution in [-0.2, 0) is 0 Å². The van der Waals surface area contributed by atoms with E-state index >= 15 is 0 Å². The molecule has 0 saturated heterocycles. The fourth-order valence-corrected chi connectivity index (χ4v) is 7.46. The zero-order valence-corrected chi connectivity index (χ0v) is 17.6. The fourth-order valence-electron chi connectivity index (χ4n) is 3.67. The van der Waals surface area contributed by atoms with Crippen LogP contribution in [0.15, 0.2) is 121 Å². The summed E-state index contributed by atoms with van der Waals surface area (Å²) in [6.45, 7) is 0. The van der Waals surface area contributed by atoms with Crippen molar-refractivity contribution in [1.82, 2.24) is 0 Å². The molecule has 0 aromatic heterocycles. The average Bonchev–Trinajstić information content (AvgIpc) is 2.84. The summed E-state index contributed by atoms with van der Waals surface area (Å²) in [7, 11) is -2.35. The molecule has 1 N–H and O–H groups in total. The first-order chi connectivity index (χ1) is 15.1. The summed E-state index contributed by atoms with van der Waals surface area (Å²) in [4.78, 5) is 10.6. The van der Waals surface area contributed by atoms with Gasteiger partial charge in [0.1, 0.15) is 29.0 Å². The normalized spacial score (nSPS) is 11.8. The summed E-state index contributed by atoms with van der Waals surface area (Å²) in [6, 6.07) is 36.5. The van der Waals surface area contributed by atoms with Crippen LogP contribution >= 0.6 is 7.26 Å². The number of rotatable bonds is 6. The minimum atomic E-state index is -2.35. The molecule has 0 amide bonds. The van der Waals surface area contributed by atoms with Crippen molar-refractivity contribution in [3.8, 4) is 0 Å². The van der Waals surface area contributed by atoms with Gasteiger partial charge in [0.2, 0.25) is 0 Å². The molecule has 152 valence electrons. The van der Waals surface area contributed by atoms with Crippen molar-refractivity contribution in [3.63, 3.8) is 0 Å². The molecule has 4 aromatic rings. The highest BCUT2D eigenvalue weighted by Gasteiger charge is 2.44. The lowest BCUT2D eigenvalue weighted by atomic mass is 10.2. The lowest BCUT2D eigenvalue weighted by molar-refractivity contribution is -0.384. The molecule has 0 bridgehead atoms. The monoisotopic (exact) mass is 426 g/mol. The summed E-state index contributed by atoms with van der Waals surface area (Å²) >= 11 is 0. The number of aliphatic hydroxyl groups excluding tert-OH is 1. The smallest absolute Gasteiger partial charge is 0.269 e. The summed E-state index contributed by atoms with van der Waals surface area (Å²) in [5.74, 6) is 2.04. The van der Waals surface area contributed by atoms with Crippen LogP contribution in [0.1, 0.15) is 5.56 Å². The van der Waals surface area contributed by atoms with E-state index in [9.17, 15) is 15.2 Å². The third-order valence-electron chi connectivity index (χ3n) is 5.18. The van der Waals surface area contributed by atoms with Gasteiger partial charge in [0.05, 0.1) is 4.92 Å². The van der Waals surface area contributed by atoms with E-state index in [2.05, 4.69) is 36.4 Å². The van der Waals surface area contributed by atoms with Gasteiger partial charge >= 0.3 is 0 Å². The third-order valence-corrected chi connectivity index (χ3v) is 9.15. The SMILES string of the molecule is O=[N+]([O-])c1ccc(/C(O)=C/[P+](c2ccccc2)(c2ccccc2)c2ccccc2)cc1. The van der Waals surface area contributed by atoms with Gasteiger partial charge in [0.15, 0.2) is 5.76 Å². The van der Waals surface area contributed by atoms with Gasteiger partial charge < -0.3 is 5.11 Å². The van der Waals surface area contributed by atoms with Crippen LogP contribution in [0.5, 0.6) is 0 Å². The Balaban J connectivity index is 1.98. The molecule has 0 radical (unpaired) electrons. The van der Waals surface area contributed by atoms with Gasteiger partial charge in [-0.1, -0.05) is 54.6 Å². The van der Waals surface area contributed by atoms with Gasteiger partial charge in [-0.3, -0.25) is 10.1 Å². The lowest BCUT2D eigenvalue weighted by Gasteiger charge is -2.24. The maximum Gasteiger partial charge on any atom is 0.269 e. The van der Waals surface area contributed by atoms with Crippen LogP contribution in [-0.4, -0.2) is 10.0 Å². The molecule has 0 atom stereocenters. The van der Waals surface area contributed by atoms with Gasteiger partial charge in [-0.2, -0.15) is 0 Å². The number of aliphatic hydroxyl groups is 1. The van der Waals surface area contributed by atoms with E-state index < -0.39 is 12.2 Å². The van der Waals surface area contributed by atoms with E-state index in [-0.39, 0.29) is 11.4 Å². The van der Waals surface area contributed by atoms with E-state index in [1.54, 1.807) is 12.1 Å². The van der Waals surface area contributed by atoms with Crippen LogP contribution in [0, 0.1) is 10.1 Å². The summed E-state index contributed by atoms with van der Waals surface area (Å²) < 4.78 is 0. The molecule has 0 aliphatic rings. The third kappa shape index (κ3) is 4.11. The standard InChI is InChI=1S/C26H20NO3P/c28-26(21-16-18-22(19-17-21)27(29)30)20-31(23-10-4-1-5-11-23,24-12-6-2-7-13-24)25-14-8-3-9-15-25/h1-20H/p+1/b26-20-. The van der Waals surface area contributed by atoms with Gasteiger partial charge in [-0.15, -0.1) is 0 Å². The Morgan fingerprint density at radius 1 is 0.677 bits per heavy atom. The molecule has 4 aromatic carbocycles. The number of non-ortho nitro benzene ring substituents is 1. The molecule has 5 heteroatoms. The first-order valence-electron chi connectivity index (χ1n) is 9.83. The van der Waals surface area contributed by atoms with E-state index in [0.717, 1.165) is 15.9 Å². The molecule has 0 aliphatic heterocycles. The van der Waals surface area contributed by atoms with Crippen LogP contribution in [0.2, 0.25) is 0 Å². The number of hydrogen-bond acceptors (Lipinski definition) is 3. The van der Waals surface area contributed by atoms with Crippen molar-refractivity contribution in [3.05, 3.63) is 137 Å². The Kier molecular flexibility index (Phi) is 5.92. The number of nitro groups is 1. The predicted octanol–water partition coefficient (Wildman–Crippen LogP) is 5.45. The minimum Gasteiger partial charge on any atom is -0.504 e. The van der Waals surface area contributed by atoms with Gasteiger partial charge in [0, 0.05) is 17.7 Å². The van der Waals surface area contributed by atoms with Crippen LogP contribution < -0.4 is 15.9 Å². The number of nitrogens with zero attached hydrogens (tertiary/aromatic N) is 1. The molecule has 0 unspecified atom stereocenters. The molecule has 4 rings (SSSR count). The predicted molar refractivity (Wildman–Crippen MR) is 129 cm³/mol. The fraction of sp³-hybridized carbons (Fsp3) is 0. The second-order valence-electron chi connectivity index (χ2n) is 7.05. The Morgan fingerprint density at radius 3 is 1.42 bits per heavy atom. The Morgan fingerprint density at radius 2 is 1.06 bits per heavy atom. The first kappa shape index (κ1) is 20.5. The number of nitro benzene ring substituents is 1. The minimum absolute atomic E-state index is 0.00760. The molecule has 4 nitrogen and oxygen atoms in total. The molecule has 0 aliphatic carbocycles. The first-order valence-corrected chi connectivity index (χ1v) is 11.7. The Labute approximate surface area is 181 Å². The van der Waals surface area contributed by atoms with Gasteiger partial charge in [-0.25, -0.2) is 0 Å². The van der Waals surface area contributed by atoms with Crippen LogP contribution in [0.3, 0.4) is 0 Å². The van der Waals surface area contributed by atoms with E-state index in [4.69, 9.17) is 0 Å². The molecule has 0 fully saturated rings. The van der Waals surface area contributed by atoms with Crippen molar-refractivity contribution in [2.45, 2.75) is 0 Å². The molecular formula is C26H21NO3P+. The summed E-state index contributed by atoms with van der Waals surface area (Å²) in [6.07, 6.45) is 0. The van der Waals surface area contributed by atoms with Crippen LogP contribution in [0.25, 0.3) is 5.76 Å². The highest BCUT2D eigenvalue weighted by atomic mass is 31.2. The molecule has 0 saturated carbocycles. The maximum atomic E-state index is 11.2. The Bertz CT molecular complexity index is 1100. The average molecular weight is 426 g/mol. The highest BCUT2D eigenvalue weighted by Crippen LogP contribution is 2.58. The molecule has 0 heterocycles. The zero-order valence-electron chi connectivity index (χ0n) is 16.7. The molecule has 0 spiro atoms. The molecule has 31 heavy (non-hydrogen) atoms. The van der Waals surface area contributed by atoms with Gasteiger partial charge in [-0.05, 0) is 48.5 Å². The number of hydrogen-bond donors (Lipinski definition) is 1. The lowest BCUT2D eigenvalue weighted by Crippen LogP contribution is -2.29. The zero-order chi connectivity index (χ0) is 21.7. The maximum absolute atomic E-state index is 11.2. The van der Waals surface area contributed by atoms with Gasteiger partial charge in [0.25, 0.3) is 5.69 Å². The second-order valence-corrected chi connectivity index (χ2v) is 10.3. The van der Waals surface area contributed by atoms with Crippen molar-refractivity contribution in [2.75, 3.05) is 0 Å². The number of benzene rings is 4. The van der Waals surface area contributed by atoms with Crippen molar-refractivity contribution in [1.29, 1.82) is 0 Å². The van der Waals surface area contributed by atoms with E-state index in [0.29, 0.717) is 5.56 Å². The van der Waals surface area contributed by atoms with Crippen LogP contribution in [0.4, 0.5) is 5.69 Å². The summed E-state index contributed by atoms with van der Waals surface area (Å²) in [5.41, 5.74) is 0.532. The van der Waals surface area contributed by atoms with Crippen molar-refractivity contribution in [2.24, 2.45) is 0 Å². The Hall–Kier alpha value is -3.75. The van der Waals surface area contributed by atoms with Crippen molar-refractivity contribution >= 4 is 34.6 Å².